The van der Waals surface area contributed by atoms with Gasteiger partial charge in [-0.3, -0.25) is 4.90 Å². The van der Waals surface area contributed by atoms with Crippen LogP contribution in [0.3, 0.4) is 0 Å². The monoisotopic (exact) mass is 351 g/mol. The highest BCUT2D eigenvalue weighted by molar-refractivity contribution is 7.22. The summed E-state index contributed by atoms with van der Waals surface area (Å²) in [6, 6.07) is 4.78. The quantitative estimate of drug-likeness (QED) is 0.827. The SMILES string of the molecule is Cc1c(Cl)ccc2sc(N3CCC(N4CCOCC4)CC3)nc12. The third-order valence-electron chi connectivity index (χ3n) is 5.03. The van der Waals surface area contributed by atoms with Gasteiger partial charge in [0.2, 0.25) is 0 Å². The van der Waals surface area contributed by atoms with Crippen LogP contribution in [0, 0.1) is 6.92 Å². The number of nitrogens with zero attached hydrogens (tertiary/aromatic N) is 3. The van der Waals surface area contributed by atoms with Crippen molar-refractivity contribution in [1.82, 2.24) is 9.88 Å². The number of aryl methyl sites for hydroxylation is 1. The Morgan fingerprint density at radius 2 is 1.91 bits per heavy atom. The molecule has 0 aliphatic carbocycles. The van der Waals surface area contributed by atoms with Gasteiger partial charge in [-0.15, -0.1) is 0 Å². The van der Waals surface area contributed by atoms with Crippen LogP contribution in [0.5, 0.6) is 0 Å². The molecule has 0 N–H and O–H groups in total. The van der Waals surface area contributed by atoms with Gasteiger partial charge < -0.3 is 9.64 Å². The number of rotatable bonds is 2. The summed E-state index contributed by atoms with van der Waals surface area (Å²) in [5.41, 5.74) is 2.16. The van der Waals surface area contributed by atoms with E-state index in [0.717, 1.165) is 60.6 Å². The van der Waals surface area contributed by atoms with Crippen molar-refractivity contribution in [3.63, 3.8) is 0 Å². The predicted octanol–water partition coefficient (Wildman–Crippen LogP) is 3.56. The van der Waals surface area contributed by atoms with E-state index in [0.29, 0.717) is 6.04 Å². The summed E-state index contributed by atoms with van der Waals surface area (Å²) in [7, 11) is 0. The second kappa shape index (κ2) is 6.55. The third kappa shape index (κ3) is 3.07. The molecule has 2 aliphatic rings. The summed E-state index contributed by atoms with van der Waals surface area (Å²) in [6.07, 6.45) is 2.44. The first-order valence-corrected chi connectivity index (χ1v) is 9.54. The Balaban J connectivity index is 1.47. The zero-order valence-corrected chi connectivity index (χ0v) is 15.0. The number of hydrogen-bond acceptors (Lipinski definition) is 5. The number of thiazole rings is 1. The third-order valence-corrected chi connectivity index (χ3v) is 6.52. The van der Waals surface area contributed by atoms with Gasteiger partial charge in [0, 0.05) is 37.2 Å². The summed E-state index contributed by atoms with van der Waals surface area (Å²) < 4.78 is 6.70. The lowest BCUT2D eigenvalue weighted by molar-refractivity contribution is 0.0115. The van der Waals surface area contributed by atoms with E-state index in [9.17, 15) is 0 Å². The fourth-order valence-corrected chi connectivity index (χ4v) is 4.82. The lowest BCUT2D eigenvalue weighted by atomic mass is 10.0. The highest BCUT2D eigenvalue weighted by atomic mass is 35.5. The predicted molar refractivity (Wildman–Crippen MR) is 97.0 cm³/mol. The van der Waals surface area contributed by atoms with E-state index < -0.39 is 0 Å². The summed E-state index contributed by atoms with van der Waals surface area (Å²) in [4.78, 5) is 9.90. The van der Waals surface area contributed by atoms with Gasteiger partial charge in [0.25, 0.3) is 0 Å². The van der Waals surface area contributed by atoms with Crippen molar-refractivity contribution in [3.8, 4) is 0 Å². The highest BCUT2D eigenvalue weighted by Gasteiger charge is 2.27. The van der Waals surface area contributed by atoms with E-state index >= 15 is 0 Å². The van der Waals surface area contributed by atoms with E-state index in [1.165, 1.54) is 17.5 Å². The molecule has 0 saturated carbocycles. The minimum atomic E-state index is 0.709. The first-order chi connectivity index (χ1) is 11.2. The number of ether oxygens (including phenoxy) is 1. The lowest BCUT2D eigenvalue weighted by Crippen LogP contribution is -2.49. The number of fused-ring (bicyclic) bond motifs is 1. The molecule has 4 nitrogen and oxygen atoms in total. The Morgan fingerprint density at radius 1 is 1.17 bits per heavy atom. The first kappa shape index (κ1) is 15.6. The fraction of sp³-hybridized carbons (Fsp3) is 0.588. The first-order valence-electron chi connectivity index (χ1n) is 8.35. The molecule has 1 aromatic heterocycles. The maximum Gasteiger partial charge on any atom is 0.186 e. The average Bonchev–Trinajstić information content (AvgIpc) is 3.04. The second-order valence-electron chi connectivity index (χ2n) is 6.38. The standard InChI is InChI=1S/C17H22ClN3OS/c1-12-14(18)2-3-15-16(12)19-17(23-15)21-6-4-13(5-7-21)20-8-10-22-11-9-20/h2-3,13H,4-11H2,1H3. The molecule has 2 aliphatic heterocycles. The van der Waals surface area contributed by atoms with Crippen LogP contribution >= 0.6 is 22.9 Å². The van der Waals surface area contributed by atoms with Crippen molar-refractivity contribution in [2.24, 2.45) is 0 Å². The molecule has 0 unspecified atom stereocenters. The minimum absolute atomic E-state index is 0.709. The Labute approximate surface area is 146 Å². The van der Waals surface area contributed by atoms with E-state index in [1.54, 1.807) is 11.3 Å². The molecule has 0 amide bonds. The fourth-order valence-electron chi connectivity index (χ4n) is 3.59. The van der Waals surface area contributed by atoms with Crippen molar-refractivity contribution in [3.05, 3.63) is 22.7 Å². The maximum atomic E-state index is 6.22. The number of hydrogen-bond donors (Lipinski definition) is 0. The Kier molecular flexibility index (Phi) is 4.46. The van der Waals surface area contributed by atoms with Gasteiger partial charge in [0.1, 0.15) is 0 Å². The van der Waals surface area contributed by atoms with Crippen LogP contribution in [0.15, 0.2) is 12.1 Å². The number of benzene rings is 1. The topological polar surface area (TPSA) is 28.6 Å². The highest BCUT2D eigenvalue weighted by Crippen LogP contribution is 2.34. The van der Waals surface area contributed by atoms with Crippen molar-refractivity contribution in [2.75, 3.05) is 44.3 Å². The van der Waals surface area contributed by atoms with E-state index in [-0.39, 0.29) is 0 Å². The Morgan fingerprint density at radius 3 is 2.65 bits per heavy atom. The number of aromatic nitrogens is 1. The molecule has 2 aromatic rings. The molecule has 0 atom stereocenters. The number of morpholine rings is 1. The van der Waals surface area contributed by atoms with Crippen LogP contribution < -0.4 is 4.90 Å². The molecule has 2 fully saturated rings. The Bertz CT molecular complexity index is 690. The molecule has 0 radical (unpaired) electrons. The number of anilines is 1. The van der Waals surface area contributed by atoms with Crippen LogP contribution in [-0.2, 0) is 4.74 Å². The zero-order valence-electron chi connectivity index (χ0n) is 13.4. The summed E-state index contributed by atoms with van der Waals surface area (Å²) >= 11 is 8.01. The van der Waals surface area contributed by atoms with E-state index in [4.69, 9.17) is 21.3 Å². The Hall–Kier alpha value is -0.880. The summed E-state index contributed by atoms with van der Waals surface area (Å²) in [6.45, 7) is 8.19. The van der Waals surface area contributed by atoms with Gasteiger partial charge in [-0.1, -0.05) is 22.9 Å². The van der Waals surface area contributed by atoms with Gasteiger partial charge >= 0.3 is 0 Å². The van der Waals surface area contributed by atoms with Crippen LogP contribution in [0.25, 0.3) is 10.2 Å². The molecular formula is C17H22ClN3OS. The molecule has 4 rings (SSSR count). The van der Waals surface area contributed by atoms with Gasteiger partial charge in [-0.25, -0.2) is 4.98 Å². The smallest absolute Gasteiger partial charge is 0.186 e. The zero-order chi connectivity index (χ0) is 15.8. The lowest BCUT2D eigenvalue weighted by Gasteiger charge is -2.40. The summed E-state index contributed by atoms with van der Waals surface area (Å²) in [5, 5.41) is 1.95. The average molecular weight is 352 g/mol. The van der Waals surface area contributed by atoms with Crippen LogP contribution in [-0.4, -0.2) is 55.3 Å². The van der Waals surface area contributed by atoms with Crippen molar-refractivity contribution >= 4 is 38.3 Å². The molecule has 2 saturated heterocycles. The van der Waals surface area contributed by atoms with Gasteiger partial charge in [0.05, 0.1) is 23.4 Å². The van der Waals surface area contributed by atoms with E-state index in [2.05, 4.69) is 22.8 Å². The van der Waals surface area contributed by atoms with Crippen LogP contribution in [0.1, 0.15) is 18.4 Å². The molecule has 23 heavy (non-hydrogen) atoms. The van der Waals surface area contributed by atoms with Crippen molar-refractivity contribution in [2.45, 2.75) is 25.8 Å². The van der Waals surface area contributed by atoms with Crippen molar-refractivity contribution < 1.29 is 4.74 Å². The minimum Gasteiger partial charge on any atom is -0.379 e. The maximum absolute atomic E-state index is 6.22. The molecule has 3 heterocycles. The van der Waals surface area contributed by atoms with E-state index in [1.807, 2.05) is 6.07 Å². The van der Waals surface area contributed by atoms with Gasteiger partial charge in [0.15, 0.2) is 5.13 Å². The summed E-state index contributed by atoms with van der Waals surface area (Å²) in [5.74, 6) is 0. The number of halogens is 1. The molecule has 124 valence electrons. The molecule has 0 spiro atoms. The molecule has 1 aromatic carbocycles. The van der Waals surface area contributed by atoms with Crippen molar-refractivity contribution in [1.29, 1.82) is 0 Å². The van der Waals surface area contributed by atoms with Crippen LogP contribution in [0.2, 0.25) is 5.02 Å². The number of piperidine rings is 1. The molecule has 0 bridgehead atoms. The largest absolute Gasteiger partial charge is 0.379 e. The molecular weight excluding hydrogens is 330 g/mol. The second-order valence-corrected chi connectivity index (χ2v) is 7.80. The normalized spacial score (nSPS) is 21.2. The van der Waals surface area contributed by atoms with Gasteiger partial charge in [-0.2, -0.15) is 0 Å². The molecule has 6 heteroatoms. The van der Waals surface area contributed by atoms with Gasteiger partial charge in [-0.05, 0) is 37.5 Å². The van der Waals surface area contributed by atoms with Crippen LogP contribution in [0.4, 0.5) is 5.13 Å².